The first-order valence-corrected chi connectivity index (χ1v) is 8.89. The minimum absolute atomic E-state index is 0.351. The first kappa shape index (κ1) is 19.5. The summed E-state index contributed by atoms with van der Waals surface area (Å²) in [6, 6.07) is 12.9. The molecule has 26 heavy (non-hydrogen) atoms. The molecule has 2 rings (SSSR count). The Morgan fingerprint density at radius 2 is 1.81 bits per heavy atom. The predicted octanol–water partition coefficient (Wildman–Crippen LogP) is 3.77. The Morgan fingerprint density at radius 3 is 2.50 bits per heavy atom. The summed E-state index contributed by atoms with van der Waals surface area (Å²) in [6.07, 6.45) is 0.773. The molecule has 0 fully saturated rings. The third kappa shape index (κ3) is 4.85. The van der Waals surface area contributed by atoms with Crippen molar-refractivity contribution in [1.29, 1.82) is 0 Å². The summed E-state index contributed by atoms with van der Waals surface area (Å²) in [4.78, 5) is 24.6. The molecule has 1 unspecified atom stereocenters. The molecular formula is C21H26N2O3. The van der Waals surface area contributed by atoms with Gasteiger partial charge in [-0.05, 0) is 44.9 Å². The molecule has 0 saturated heterocycles. The van der Waals surface area contributed by atoms with Gasteiger partial charge in [0.2, 0.25) is 0 Å². The fraction of sp³-hybridized carbons (Fsp3) is 0.333. The van der Waals surface area contributed by atoms with Gasteiger partial charge in [0.25, 0.3) is 0 Å². The molecular weight excluding hydrogens is 328 g/mol. The van der Waals surface area contributed by atoms with Gasteiger partial charge in [0.1, 0.15) is 5.75 Å². The summed E-state index contributed by atoms with van der Waals surface area (Å²) in [6.45, 7) is 8.25. The number of hydrogen-bond donors (Lipinski definition) is 2. The van der Waals surface area contributed by atoms with Crippen molar-refractivity contribution in [1.82, 2.24) is 5.32 Å². The van der Waals surface area contributed by atoms with Gasteiger partial charge in [-0.25, -0.2) is 0 Å². The largest absolute Gasteiger partial charge is 0.494 e. The van der Waals surface area contributed by atoms with E-state index in [-0.39, 0.29) is 6.04 Å². The van der Waals surface area contributed by atoms with Crippen molar-refractivity contribution in [2.45, 2.75) is 40.2 Å². The highest BCUT2D eigenvalue weighted by molar-refractivity contribution is 6.39. The minimum atomic E-state index is -0.677. The van der Waals surface area contributed by atoms with Crippen LogP contribution >= 0.6 is 0 Å². The van der Waals surface area contributed by atoms with E-state index in [0.717, 1.165) is 23.1 Å². The molecule has 5 heteroatoms. The lowest BCUT2D eigenvalue weighted by atomic mass is 10.0. The number of aryl methyl sites for hydroxylation is 2. The molecule has 0 aliphatic rings. The van der Waals surface area contributed by atoms with Crippen LogP contribution in [0.5, 0.6) is 5.75 Å². The second-order valence-corrected chi connectivity index (χ2v) is 6.13. The summed E-state index contributed by atoms with van der Waals surface area (Å²) in [5, 5.41) is 5.44. The summed E-state index contributed by atoms with van der Waals surface area (Å²) >= 11 is 0. The van der Waals surface area contributed by atoms with Gasteiger partial charge < -0.3 is 15.4 Å². The van der Waals surface area contributed by atoms with Crippen LogP contribution < -0.4 is 15.4 Å². The normalized spacial score (nSPS) is 11.5. The Morgan fingerprint density at radius 1 is 1.08 bits per heavy atom. The number of carbonyl (C=O) groups excluding carboxylic acids is 2. The first-order valence-electron chi connectivity index (χ1n) is 8.89. The van der Waals surface area contributed by atoms with Crippen molar-refractivity contribution in [3.05, 3.63) is 59.2 Å². The lowest BCUT2D eigenvalue weighted by Crippen LogP contribution is -2.37. The third-order valence-electron chi connectivity index (χ3n) is 4.13. The van der Waals surface area contributed by atoms with Gasteiger partial charge in [0.15, 0.2) is 0 Å². The van der Waals surface area contributed by atoms with E-state index in [1.165, 1.54) is 0 Å². The van der Waals surface area contributed by atoms with E-state index in [1.807, 2.05) is 64.1 Å². The summed E-state index contributed by atoms with van der Waals surface area (Å²) in [5.41, 5.74) is 3.56. The molecule has 2 N–H and O–H groups in total. The minimum Gasteiger partial charge on any atom is -0.494 e. The van der Waals surface area contributed by atoms with Crippen molar-refractivity contribution in [2.24, 2.45) is 0 Å². The molecule has 0 aliphatic carbocycles. The van der Waals surface area contributed by atoms with Gasteiger partial charge in [-0.3, -0.25) is 9.59 Å². The number of para-hydroxylation sites is 1. The van der Waals surface area contributed by atoms with Crippen LogP contribution in [0.15, 0.2) is 42.5 Å². The van der Waals surface area contributed by atoms with E-state index in [1.54, 1.807) is 6.07 Å². The quantitative estimate of drug-likeness (QED) is 0.776. The fourth-order valence-electron chi connectivity index (χ4n) is 2.76. The lowest BCUT2D eigenvalue weighted by Gasteiger charge is -2.18. The molecule has 0 bridgehead atoms. The molecule has 0 heterocycles. The SMILES string of the molecule is CCOc1ccc(C)cc1C(C)NC(=O)C(=O)Nc1ccccc1CC. The highest BCUT2D eigenvalue weighted by atomic mass is 16.5. The highest BCUT2D eigenvalue weighted by Gasteiger charge is 2.20. The van der Waals surface area contributed by atoms with Crippen molar-refractivity contribution in [3.63, 3.8) is 0 Å². The Hall–Kier alpha value is -2.82. The molecule has 1 atom stereocenters. The number of ether oxygens (including phenoxy) is 1. The number of rotatable bonds is 6. The van der Waals surface area contributed by atoms with Crippen LogP contribution in [0.25, 0.3) is 0 Å². The lowest BCUT2D eigenvalue weighted by molar-refractivity contribution is -0.136. The topological polar surface area (TPSA) is 67.4 Å². The average molecular weight is 354 g/mol. The van der Waals surface area contributed by atoms with E-state index in [4.69, 9.17) is 4.74 Å². The molecule has 0 saturated carbocycles. The number of benzene rings is 2. The number of amides is 2. The van der Waals surface area contributed by atoms with Gasteiger partial charge in [-0.1, -0.05) is 42.8 Å². The van der Waals surface area contributed by atoms with Crippen LogP contribution in [-0.4, -0.2) is 18.4 Å². The number of hydrogen-bond acceptors (Lipinski definition) is 3. The van der Waals surface area contributed by atoms with Crippen LogP contribution in [0.4, 0.5) is 5.69 Å². The summed E-state index contributed by atoms with van der Waals surface area (Å²) in [5.74, 6) is -0.640. The predicted molar refractivity (Wildman–Crippen MR) is 103 cm³/mol. The van der Waals surface area contributed by atoms with Crippen molar-refractivity contribution in [3.8, 4) is 5.75 Å². The number of anilines is 1. The Bertz CT molecular complexity index is 787. The van der Waals surface area contributed by atoms with Gasteiger partial charge in [0.05, 0.1) is 12.6 Å². The van der Waals surface area contributed by atoms with Crippen molar-refractivity contribution >= 4 is 17.5 Å². The zero-order chi connectivity index (χ0) is 19.1. The van der Waals surface area contributed by atoms with Crippen LogP contribution in [0.2, 0.25) is 0 Å². The second kappa shape index (κ2) is 9.04. The van der Waals surface area contributed by atoms with Gasteiger partial charge in [-0.2, -0.15) is 0 Å². The van der Waals surface area contributed by atoms with Gasteiger partial charge in [-0.15, -0.1) is 0 Å². The molecule has 0 spiro atoms. The molecule has 5 nitrogen and oxygen atoms in total. The molecule has 2 aromatic carbocycles. The number of carbonyl (C=O) groups is 2. The Labute approximate surface area is 154 Å². The molecule has 2 aromatic rings. The maximum Gasteiger partial charge on any atom is 0.313 e. The smallest absolute Gasteiger partial charge is 0.313 e. The Kier molecular flexibility index (Phi) is 6.78. The highest BCUT2D eigenvalue weighted by Crippen LogP contribution is 2.26. The van der Waals surface area contributed by atoms with E-state index in [9.17, 15) is 9.59 Å². The van der Waals surface area contributed by atoms with Crippen molar-refractivity contribution < 1.29 is 14.3 Å². The molecule has 0 radical (unpaired) electrons. The average Bonchev–Trinajstić information content (AvgIpc) is 2.63. The Balaban J connectivity index is 2.09. The zero-order valence-corrected chi connectivity index (χ0v) is 15.8. The summed E-state index contributed by atoms with van der Waals surface area (Å²) in [7, 11) is 0. The molecule has 2 amide bonds. The maximum absolute atomic E-state index is 12.3. The van der Waals surface area contributed by atoms with Gasteiger partial charge >= 0.3 is 11.8 Å². The van der Waals surface area contributed by atoms with Gasteiger partial charge in [0, 0.05) is 11.3 Å². The molecule has 0 aromatic heterocycles. The third-order valence-corrected chi connectivity index (χ3v) is 4.13. The first-order chi connectivity index (χ1) is 12.5. The van der Waals surface area contributed by atoms with Crippen LogP contribution in [-0.2, 0) is 16.0 Å². The van der Waals surface area contributed by atoms with E-state index in [0.29, 0.717) is 18.0 Å². The van der Waals surface area contributed by atoms with E-state index in [2.05, 4.69) is 10.6 Å². The molecule has 0 aliphatic heterocycles. The summed E-state index contributed by atoms with van der Waals surface area (Å²) < 4.78 is 5.63. The maximum atomic E-state index is 12.3. The standard InChI is InChI=1S/C21H26N2O3/c1-5-16-9-7-8-10-18(16)23-21(25)20(24)22-15(4)17-13-14(3)11-12-19(17)26-6-2/h7-13,15H,5-6H2,1-4H3,(H,22,24)(H,23,25). The van der Waals surface area contributed by atoms with E-state index >= 15 is 0 Å². The number of nitrogens with one attached hydrogen (secondary N) is 2. The second-order valence-electron chi connectivity index (χ2n) is 6.13. The van der Waals surface area contributed by atoms with Crippen LogP contribution in [0.1, 0.15) is 43.5 Å². The van der Waals surface area contributed by atoms with Crippen LogP contribution in [0, 0.1) is 6.92 Å². The fourth-order valence-corrected chi connectivity index (χ4v) is 2.76. The van der Waals surface area contributed by atoms with Crippen LogP contribution in [0.3, 0.4) is 0 Å². The zero-order valence-electron chi connectivity index (χ0n) is 15.8. The monoisotopic (exact) mass is 354 g/mol. The van der Waals surface area contributed by atoms with Crippen molar-refractivity contribution in [2.75, 3.05) is 11.9 Å². The van der Waals surface area contributed by atoms with E-state index < -0.39 is 11.8 Å². The molecule has 138 valence electrons.